The van der Waals surface area contributed by atoms with Crippen LogP contribution in [0.5, 0.6) is 0 Å². The van der Waals surface area contributed by atoms with Crippen LogP contribution in [0.25, 0.3) is 100 Å². The zero-order chi connectivity index (χ0) is 38.7. The van der Waals surface area contributed by atoms with Gasteiger partial charge in [0, 0.05) is 43.9 Å². The van der Waals surface area contributed by atoms with Crippen LogP contribution in [0.2, 0.25) is 0 Å². The first-order valence-corrected chi connectivity index (χ1v) is 19.8. The van der Waals surface area contributed by atoms with Gasteiger partial charge >= 0.3 is 0 Å². The van der Waals surface area contributed by atoms with Gasteiger partial charge in [-0.05, 0) is 84.1 Å². The van der Waals surface area contributed by atoms with E-state index in [2.05, 4.69) is 217 Å². The molecule has 0 saturated heterocycles. The van der Waals surface area contributed by atoms with E-state index in [1.807, 2.05) is 0 Å². The van der Waals surface area contributed by atoms with Crippen LogP contribution in [0, 0.1) is 13.8 Å². The second kappa shape index (κ2) is 13.6. The maximum Gasteiger partial charge on any atom is 0.235 e. The summed E-state index contributed by atoms with van der Waals surface area (Å²) in [5.41, 5.74) is 16.6. The zero-order valence-electron chi connectivity index (χ0n) is 32.3. The second-order valence-corrected chi connectivity index (χ2v) is 15.1. The van der Waals surface area contributed by atoms with Crippen LogP contribution in [-0.4, -0.2) is 19.1 Å². The minimum absolute atomic E-state index is 0.655. The second-order valence-electron chi connectivity index (χ2n) is 15.1. The van der Waals surface area contributed by atoms with Crippen molar-refractivity contribution in [2.75, 3.05) is 0 Å². The first-order chi connectivity index (χ1) is 28.6. The Bertz CT molecular complexity index is 3350. The molecule has 3 heterocycles. The first-order valence-electron chi connectivity index (χ1n) is 19.8. The summed E-state index contributed by atoms with van der Waals surface area (Å²) in [7, 11) is 0. The van der Waals surface area contributed by atoms with E-state index in [9.17, 15) is 0 Å². The van der Waals surface area contributed by atoms with Gasteiger partial charge in [-0.2, -0.15) is 0 Å². The van der Waals surface area contributed by atoms with Gasteiger partial charge in [-0.3, -0.25) is 4.57 Å². The van der Waals surface area contributed by atoms with Gasteiger partial charge in [-0.1, -0.05) is 152 Å². The Balaban J connectivity index is 1.11. The average molecular weight is 743 g/mol. The third-order valence-electron chi connectivity index (χ3n) is 11.7. The number of benzene rings is 8. The lowest BCUT2D eigenvalue weighted by Gasteiger charge is -2.16. The Kier molecular flexibility index (Phi) is 7.90. The van der Waals surface area contributed by atoms with Crippen LogP contribution >= 0.6 is 0 Å². The highest BCUT2D eigenvalue weighted by atomic mass is 15.2. The molecule has 0 aliphatic rings. The lowest BCUT2D eigenvalue weighted by Crippen LogP contribution is -2.07. The standard InChI is InChI=1S/C54H38N4/c1-35-16-9-10-23-43(35)53-36(2)52(38-19-7-4-8-20-38)55-54(56-53)58-49-27-14-11-24-44(49)46-30-28-41(34-51(46)58)40-29-31-50-47(33-40)45-25-12-13-26-48(45)57(50)42-22-15-21-39(32-42)37-17-5-3-6-18-37/h3-34H,1-2H3. The minimum atomic E-state index is 0.655. The number of rotatable bonds is 6. The number of aromatic nitrogens is 4. The smallest absolute Gasteiger partial charge is 0.235 e. The predicted octanol–water partition coefficient (Wildman–Crippen LogP) is 14.0. The van der Waals surface area contributed by atoms with Crippen molar-refractivity contribution in [2.45, 2.75) is 13.8 Å². The average Bonchev–Trinajstić information content (AvgIpc) is 3.80. The van der Waals surface area contributed by atoms with Crippen LogP contribution in [-0.2, 0) is 0 Å². The Hall–Kier alpha value is -7.56. The van der Waals surface area contributed by atoms with E-state index in [-0.39, 0.29) is 0 Å². The SMILES string of the molecule is Cc1ccccc1-c1nc(-n2c3ccccc3c3ccc(-c4ccc5c(c4)c4ccccc4n5-c4cccc(-c5ccccc5)c4)cc32)nc(-c2ccccc2)c1C. The summed E-state index contributed by atoms with van der Waals surface area (Å²) >= 11 is 0. The molecule has 11 aromatic rings. The fourth-order valence-corrected chi connectivity index (χ4v) is 8.83. The van der Waals surface area contributed by atoms with Crippen molar-refractivity contribution in [1.29, 1.82) is 0 Å². The molecule has 274 valence electrons. The number of hydrogen-bond acceptors (Lipinski definition) is 2. The molecule has 0 unspecified atom stereocenters. The summed E-state index contributed by atoms with van der Waals surface area (Å²) in [5.74, 6) is 0.655. The molecule has 0 amide bonds. The molecule has 4 nitrogen and oxygen atoms in total. The van der Waals surface area contributed by atoms with Gasteiger partial charge in [0.15, 0.2) is 0 Å². The molecule has 0 fully saturated rings. The zero-order valence-corrected chi connectivity index (χ0v) is 32.3. The molecule has 0 aliphatic carbocycles. The number of hydrogen-bond donors (Lipinski definition) is 0. The molecule has 11 rings (SSSR count). The summed E-state index contributed by atoms with van der Waals surface area (Å²) in [4.78, 5) is 10.8. The van der Waals surface area contributed by atoms with Gasteiger partial charge in [0.05, 0.1) is 33.5 Å². The van der Waals surface area contributed by atoms with Crippen LogP contribution < -0.4 is 0 Å². The van der Waals surface area contributed by atoms with Crippen molar-refractivity contribution in [3.05, 3.63) is 205 Å². The highest BCUT2D eigenvalue weighted by Crippen LogP contribution is 2.40. The molecule has 0 atom stereocenters. The molecular weight excluding hydrogens is 705 g/mol. The first kappa shape index (κ1) is 33.8. The summed E-state index contributed by atoms with van der Waals surface area (Å²) in [6.45, 7) is 4.30. The summed E-state index contributed by atoms with van der Waals surface area (Å²) in [6.07, 6.45) is 0. The molecule has 58 heavy (non-hydrogen) atoms. The van der Waals surface area contributed by atoms with Crippen LogP contribution in [0.3, 0.4) is 0 Å². The fraction of sp³-hybridized carbons (Fsp3) is 0.0370. The molecule has 0 spiro atoms. The minimum Gasteiger partial charge on any atom is -0.309 e. The van der Waals surface area contributed by atoms with Crippen molar-refractivity contribution < 1.29 is 0 Å². The van der Waals surface area contributed by atoms with Crippen molar-refractivity contribution in [3.63, 3.8) is 0 Å². The van der Waals surface area contributed by atoms with Gasteiger partial charge in [0.1, 0.15) is 0 Å². The van der Waals surface area contributed by atoms with Gasteiger partial charge < -0.3 is 4.57 Å². The highest BCUT2D eigenvalue weighted by Gasteiger charge is 2.21. The molecule has 4 heteroatoms. The summed E-state index contributed by atoms with van der Waals surface area (Å²) in [5, 5.41) is 4.78. The third kappa shape index (κ3) is 5.45. The van der Waals surface area contributed by atoms with Crippen molar-refractivity contribution in [1.82, 2.24) is 19.1 Å². The van der Waals surface area contributed by atoms with Crippen LogP contribution in [0.1, 0.15) is 11.1 Å². The maximum absolute atomic E-state index is 5.42. The molecule has 3 aromatic heterocycles. The highest BCUT2D eigenvalue weighted by molar-refractivity contribution is 6.12. The Labute approximate surface area is 337 Å². The quantitative estimate of drug-likeness (QED) is 0.170. The van der Waals surface area contributed by atoms with Gasteiger partial charge in [0.25, 0.3) is 0 Å². The topological polar surface area (TPSA) is 35.6 Å². The van der Waals surface area contributed by atoms with Gasteiger partial charge in [0.2, 0.25) is 5.95 Å². The molecule has 0 bridgehead atoms. The Morgan fingerprint density at radius 2 is 0.897 bits per heavy atom. The molecular formula is C54H38N4. The van der Waals surface area contributed by atoms with Crippen LogP contribution in [0.4, 0.5) is 0 Å². The molecule has 0 radical (unpaired) electrons. The normalized spacial score (nSPS) is 11.6. The monoisotopic (exact) mass is 742 g/mol. The van der Waals surface area contributed by atoms with Crippen LogP contribution in [0.15, 0.2) is 194 Å². The third-order valence-corrected chi connectivity index (χ3v) is 11.7. The van der Waals surface area contributed by atoms with E-state index in [1.165, 1.54) is 49.3 Å². The van der Waals surface area contributed by atoms with E-state index in [0.29, 0.717) is 5.95 Å². The van der Waals surface area contributed by atoms with E-state index in [1.54, 1.807) is 0 Å². The van der Waals surface area contributed by atoms with Crippen molar-refractivity contribution in [3.8, 4) is 56.4 Å². The van der Waals surface area contributed by atoms with Gasteiger partial charge in [-0.25, -0.2) is 9.97 Å². The number of fused-ring (bicyclic) bond motifs is 6. The van der Waals surface area contributed by atoms with Crippen molar-refractivity contribution in [2.24, 2.45) is 0 Å². The van der Waals surface area contributed by atoms with E-state index in [4.69, 9.17) is 9.97 Å². The van der Waals surface area contributed by atoms with Crippen molar-refractivity contribution >= 4 is 43.6 Å². The molecule has 0 aliphatic heterocycles. The Morgan fingerprint density at radius 3 is 1.67 bits per heavy atom. The molecule has 0 N–H and O–H groups in total. The maximum atomic E-state index is 5.42. The largest absolute Gasteiger partial charge is 0.309 e. The number of nitrogens with zero attached hydrogens (tertiary/aromatic N) is 4. The lowest BCUT2D eigenvalue weighted by atomic mass is 9.98. The van der Waals surface area contributed by atoms with E-state index >= 15 is 0 Å². The molecule has 0 saturated carbocycles. The number of aryl methyl sites for hydroxylation is 1. The molecule has 8 aromatic carbocycles. The summed E-state index contributed by atoms with van der Waals surface area (Å²) in [6, 6.07) is 69.5. The van der Waals surface area contributed by atoms with E-state index < -0.39 is 0 Å². The van der Waals surface area contributed by atoms with E-state index in [0.717, 1.165) is 55.9 Å². The fourth-order valence-electron chi connectivity index (χ4n) is 8.83. The lowest BCUT2D eigenvalue weighted by molar-refractivity contribution is 0.984. The predicted molar refractivity (Wildman–Crippen MR) is 242 cm³/mol. The summed E-state index contributed by atoms with van der Waals surface area (Å²) < 4.78 is 4.65. The van der Waals surface area contributed by atoms with Gasteiger partial charge in [-0.15, -0.1) is 0 Å². The Morgan fingerprint density at radius 1 is 0.345 bits per heavy atom. The number of para-hydroxylation sites is 2.